The molecule has 0 aliphatic heterocycles. The number of anilines is 1. The van der Waals surface area contributed by atoms with Crippen LogP contribution >= 0.6 is 0 Å². The molecule has 2 aromatic carbocycles. The molecule has 2 N–H and O–H groups in total. The molecule has 3 aromatic rings. The smallest absolute Gasteiger partial charge is 0.319 e. The number of amides is 2. The molecule has 1 aromatic heterocycles. The van der Waals surface area contributed by atoms with Crippen molar-refractivity contribution < 1.29 is 9.53 Å². The Hall–Kier alpha value is -3.46. The van der Waals surface area contributed by atoms with E-state index in [2.05, 4.69) is 28.2 Å². The number of fused-ring (bicyclic) bond motifs is 1. The van der Waals surface area contributed by atoms with Gasteiger partial charge in [-0.25, -0.2) is 4.79 Å². The van der Waals surface area contributed by atoms with Gasteiger partial charge in [-0.2, -0.15) is 5.26 Å². The molecule has 1 aliphatic carbocycles. The Labute approximate surface area is 182 Å². The number of carbonyl (C=O) groups excluding carboxylic acids is 1. The van der Waals surface area contributed by atoms with Gasteiger partial charge in [0.2, 0.25) is 0 Å². The first-order valence-electron chi connectivity index (χ1n) is 10.9. The first-order valence-corrected chi connectivity index (χ1v) is 10.9. The van der Waals surface area contributed by atoms with Gasteiger partial charge < -0.3 is 19.9 Å². The molecule has 0 radical (unpaired) electrons. The summed E-state index contributed by atoms with van der Waals surface area (Å²) in [5, 5.41) is 16.7. The highest BCUT2D eigenvalue weighted by molar-refractivity contribution is 5.96. The third kappa shape index (κ3) is 4.09. The number of hydrogen-bond acceptors (Lipinski definition) is 3. The third-order valence-electron chi connectivity index (χ3n) is 5.99. The minimum absolute atomic E-state index is 0.199. The molecule has 0 unspecified atom stereocenters. The first kappa shape index (κ1) is 20.8. The fourth-order valence-corrected chi connectivity index (χ4v) is 4.11. The number of hydrogen-bond donors (Lipinski definition) is 2. The molecule has 160 valence electrons. The number of ether oxygens (including phenoxy) is 1. The second kappa shape index (κ2) is 9.13. The van der Waals surface area contributed by atoms with Gasteiger partial charge in [0.15, 0.2) is 0 Å². The standard InChI is InChI=1S/C25H28N4O2/c1-3-4-14-27-25(30)28-18-10-8-17(9-11-18)24-22(16-26)21-15-20(31-2)12-13-23(21)29(24)19-6-5-7-19/h8-13,15,19H,3-7,14H2,1-2H3,(H2,27,28,30). The third-order valence-corrected chi connectivity index (χ3v) is 5.99. The van der Waals surface area contributed by atoms with E-state index in [1.54, 1.807) is 7.11 Å². The van der Waals surface area contributed by atoms with E-state index in [4.69, 9.17) is 4.74 Å². The second-order valence-corrected chi connectivity index (χ2v) is 7.99. The van der Waals surface area contributed by atoms with Crippen LogP contribution in [0.2, 0.25) is 0 Å². The van der Waals surface area contributed by atoms with Crippen molar-refractivity contribution in [3.63, 3.8) is 0 Å². The highest BCUT2D eigenvalue weighted by atomic mass is 16.5. The average molecular weight is 417 g/mol. The van der Waals surface area contributed by atoms with Crippen LogP contribution < -0.4 is 15.4 Å². The van der Waals surface area contributed by atoms with E-state index in [0.717, 1.165) is 59.3 Å². The number of rotatable bonds is 7. The van der Waals surface area contributed by atoms with Gasteiger partial charge in [0.1, 0.15) is 11.8 Å². The maximum atomic E-state index is 12.0. The van der Waals surface area contributed by atoms with Crippen LogP contribution in [0.25, 0.3) is 22.2 Å². The predicted octanol–water partition coefficient (Wildman–Crippen LogP) is 5.84. The fraction of sp³-hybridized carbons (Fsp3) is 0.360. The lowest BCUT2D eigenvalue weighted by Crippen LogP contribution is -2.29. The fourth-order valence-electron chi connectivity index (χ4n) is 4.11. The van der Waals surface area contributed by atoms with E-state index in [9.17, 15) is 10.1 Å². The normalized spacial score (nSPS) is 13.5. The molecule has 0 bridgehead atoms. The maximum Gasteiger partial charge on any atom is 0.319 e. The molecule has 0 spiro atoms. The molecule has 1 heterocycles. The van der Waals surface area contributed by atoms with Crippen molar-refractivity contribution >= 4 is 22.6 Å². The van der Waals surface area contributed by atoms with Crippen LogP contribution in [0, 0.1) is 11.3 Å². The predicted molar refractivity (Wildman–Crippen MR) is 123 cm³/mol. The summed E-state index contributed by atoms with van der Waals surface area (Å²) in [5.41, 5.74) is 4.36. The van der Waals surface area contributed by atoms with Crippen LogP contribution in [0.1, 0.15) is 50.6 Å². The largest absolute Gasteiger partial charge is 0.497 e. The Bertz CT molecular complexity index is 1120. The summed E-state index contributed by atoms with van der Waals surface area (Å²) in [7, 11) is 1.64. The Morgan fingerprint density at radius 3 is 2.61 bits per heavy atom. The number of aromatic nitrogens is 1. The molecular weight excluding hydrogens is 388 g/mol. The number of nitrogens with one attached hydrogen (secondary N) is 2. The zero-order valence-electron chi connectivity index (χ0n) is 18.1. The maximum absolute atomic E-state index is 12.0. The second-order valence-electron chi connectivity index (χ2n) is 7.99. The van der Waals surface area contributed by atoms with Crippen molar-refractivity contribution in [2.24, 2.45) is 0 Å². The van der Waals surface area contributed by atoms with Gasteiger partial charge in [0.05, 0.1) is 23.9 Å². The minimum Gasteiger partial charge on any atom is -0.497 e. The molecular formula is C25H28N4O2. The monoisotopic (exact) mass is 416 g/mol. The van der Waals surface area contributed by atoms with Crippen LogP contribution in [-0.2, 0) is 0 Å². The number of urea groups is 1. The van der Waals surface area contributed by atoms with Gasteiger partial charge in [-0.05, 0) is 61.6 Å². The SMILES string of the molecule is CCCCNC(=O)Nc1ccc(-c2c(C#N)c3cc(OC)ccc3n2C2CCC2)cc1. The Kier molecular flexibility index (Phi) is 6.13. The lowest BCUT2D eigenvalue weighted by Gasteiger charge is -2.30. The van der Waals surface area contributed by atoms with Gasteiger partial charge in [-0.3, -0.25) is 0 Å². The van der Waals surface area contributed by atoms with E-state index in [1.165, 1.54) is 6.42 Å². The first-order chi connectivity index (χ1) is 15.2. The van der Waals surface area contributed by atoms with Crippen molar-refractivity contribution in [2.75, 3.05) is 19.0 Å². The van der Waals surface area contributed by atoms with Crippen LogP contribution in [0.4, 0.5) is 10.5 Å². The van der Waals surface area contributed by atoms with E-state index in [-0.39, 0.29) is 6.03 Å². The minimum atomic E-state index is -0.199. The number of nitriles is 1. The van der Waals surface area contributed by atoms with E-state index >= 15 is 0 Å². The summed E-state index contributed by atoms with van der Waals surface area (Å²) >= 11 is 0. The molecule has 0 saturated heterocycles. The topological polar surface area (TPSA) is 79.1 Å². The molecule has 6 heteroatoms. The summed E-state index contributed by atoms with van der Waals surface area (Å²) in [4.78, 5) is 12.0. The van der Waals surface area contributed by atoms with Crippen LogP contribution in [-0.4, -0.2) is 24.3 Å². The summed E-state index contributed by atoms with van der Waals surface area (Å²) in [6.45, 7) is 2.75. The van der Waals surface area contributed by atoms with Crippen LogP contribution in [0.15, 0.2) is 42.5 Å². The van der Waals surface area contributed by atoms with Crippen LogP contribution in [0.3, 0.4) is 0 Å². The summed E-state index contributed by atoms with van der Waals surface area (Å²) in [6.07, 6.45) is 5.44. The van der Waals surface area contributed by atoms with Crippen molar-refractivity contribution in [1.82, 2.24) is 9.88 Å². The van der Waals surface area contributed by atoms with Gasteiger partial charge in [-0.15, -0.1) is 0 Å². The summed E-state index contributed by atoms with van der Waals surface area (Å²) < 4.78 is 7.72. The van der Waals surface area contributed by atoms with Crippen molar-refractivity contribution in [2.45, 2.75) is 45.1 Å². The zero-order chi connectivity index (χ0) is 21.8. The number of carbonyl (C=O) groups is 1. The lowest BCUT2D eigenvalue weighted by atomic mass is 9.92. The van der Waals surface area contributed by atoms with Crippen molar-refractivity contribution in [3.05, 3.63) is 48.0 Å². The molecule has 1 fully saturated rings. The molecule has 1 saturated carbocycles. The van der Waals surface area contributed by atoms with E-state index in [1.807, 2.05) is 42.5 Å². The van der Waals surface area contributed by atoms with Gasteiger partial charge in [-0.1, -0.05) is 25.5 Å². The molecule has 6 nitrogen and oxygen atoms in total. The lowest BCUT2D eigenvalue weighted by molar-refractivity contribution is 0.252. The molecule has 0 atom stereocenters. The van der Waals surface area contributed by atoms with E-state index < -0.39 is 0 Å². The quantitative estimate of drug-likeness (QED) is 0.475. The number of methoxy groups -OCH3 is 1. The average Bonchev–Trinajstić information content (AvgIpc) is 3.06. The van der Waals surface area contributed by atoms with Gasteiger partial charge >= 0.3 is 6.03 Å². The zero-order valence-corrected chi connectivity index (χ0v) is 18.1. The van der Waals surface area contributed by atoms with E-state index in [0.29, 0.717) is 18.2 Å². The van der Waals surface area contributed by atoms with Gasteiger partial charge in [0, 0.05) is 23.7 Å². The molecule has 1 aliphatic rings. The Morgan fingerprint density at radius 1 is 1.23 bits per heavy atom. The molecule has 2 amide bonds. The molecule has 31 heavy (non-hydrogen) atoms. The summed E-state index contributed by atoms with van der Waals surface area (Å²) in [5.74, 6) is 0.745. The van der Waals surface area contributed by atoms with Crippen LogP contribution in [0.5, 0.6) is 5.75 Å². The number of nitrogens with zero attached hydrogens (tertiary/aromatic N) is 2. The Balaban J connectivity index is 1.70. The highest BCUT2D eigenvalue weighted by Crippen LogP contribution is 2.43. The summed E-state index contributed by atoms with van der Waals surface area (Å²) in [6, 6.07) is 16.3. The number of benzene rings is 2. The number of unbranched alkanes of at least 4 members (excludes halogenated alkanes) is 1. The Morgan fingerprint density at radius 2 is 2.00 bits per heavy atom. The van der Waals surface area contributed by atoms with Crippen molar-refractivity contribution in [1.29, 1.82) is 5.26 Å². The van der Waals surface area contributed by atoms with Gasteiger partial charge in [0.25, 0.3) is 0 Å². The van der Waals surface area contributed by atoms with Crippen molar-refractivity contribution in [3.8, 4) is 23.1 Å². The molecule has 4 rings (SSSR count). The highest BCUT2D eigenvalue weighted by Gasteiger charge is 2.27.